The van der Waals surface area contributed by atoms with E-state index in [4.69, 9.17) is 13.5 Å². The third-order valence-electron chi connectivity index (χ3n) is 6.35. The Hall–Kier alpha value is -2.29. The Morgan fingerprint density at radius 1 is 0.861 bits per heavy atom. The van der Waals surface area contributed by atoms with Gasteiger partial charge in [-0.3, -0.25) is 9.36 Å². The summed E-state index contributed by atoms with van der Waals surface area (Å²) in [4.78, 5) is 24.2. The lowest BCUT2D eigenvalue weighted by molar-refractivity contribution is -0.148. The van der Waals surface area contributed by atoms with Crippen molar-refractivity contribution in [1.29, 1.82) is 0 Å². The summed E-state index contributed by atoms with van der Waals surface area (Å²) in [5.41, 5.74) is 1.50. The number of benzene rings is 2. The van der Waals surface area contributed by atoms with E-state index in [1.807, 2.05) is 70.3 Å². The molecule has 0 saturated heterocycles. The minimum atomic E-state index is -3.95. The van der Waals surface area contributed by atoms with Crippen LogP contribution >= 0.6 is 7.60 Å². The average Bonchev–Trinajstić information content (AvgIpc) is 2.81. The first-order valence-electron chi connectivity index (χ1n) is 11.8. The van der Waals surface area contributed by atoms with Crippen LogP contribution in [0.4, 0.5) is 0 Å². The van der Waals surface area contributed by atoms with Crippen molar-refractivity contribution in [2.24, 2.45) is 5.92 Å². The maximum absolute atomic E-state index is 13.8. The molecule has 0 saturated carbocycles. The number of carbonyl (C=O) groups is 2. The number of aliphatic carboxylic acids is 2. The highest BCUT2D eigenvalue weighted by Crippen LogP contribution is 2.52. The van der Waals surface area contributed by atoms with Gasteiger partial charge in [0.1, 0.15) is 6.10 Å². The van der Waals surface area contributed by atoms with E-state index in [2.05, 4.69) is 0 Å². The Bertz CT molecular complexity index is 989. The van der Waals surface area contributed by atoms with Gasteiger partial charge in [0.05, 0.1) is 25.3 Å². The molecule has 0 heterocycles. The topological polar surface area (TPSA) is 119 Å². The average molecular weight is 537 g/mol. The second-order valence-corrected chi connectivity index (χ2v) is 17.1. The van der Waals surface area contributed by atoms with Crippen LogP contribution in [0.3, 0.4) is 0 Å². The molecule has 8 nitrogen and oxygen atoms in total. The summed E-state index contributed by atoms with van der Waals surface area (Å²) in [6.07, 6.45) is -2.19. The fraction of sp³-hybridized carbons (Fsp3) is 0.462. The highest BCUT2D eigenvalue weighted by Gasteiger charge is 2.43. The van der Waals surface area contributed by atoms with Crippen LogP contribution < -0.4 is 0 Å². The van der Waals surface area contributed by atoms with Gasteiger partial charge in [-0.2, -0.15) is 0 Å². The summed E-state index contributed by atoms with van der Waals surface area (Å²) in [5, 5.41) is 19.5. The molecular weight excluding hydrogens is 499 g/mol. The van der Waals surface area contributed by atoms with Crippen LogP contribution in [0.25, 0.3) is 0 Å². The Balaban J connectivity index is 2.25. The van der Waals surface area contributed by atoms with E-state index < -0.39 is 46.0 Å². The molecule has 1 unspecified atom stereocenters. The highest BCUT2D eigenvalue weighted by molar-refractivity contribution is 7.53. The predicted molar refractivity (Wildman–Crippen MR) is 140 cm³/mol. The molecule has 0 radical (unpaired) electrons. The third-order valence-corrected chi connectivity index (χ3v) is 12.8. The monoisotopic (exact) mass is 536 g/mol. The molecule has 2 atom stereocenters. The zero-order valence-electron chi connectivity index (χ0n) is 21.5. The number of carboxylic acids is 2. The zero-order valence-corrected chi connectivity index (χ0v) is 23.4. The van der Waals surface area contributed by atoms with Crippen LogP contribution in [-0.4, -0.2) is 42.7 Å². The van der Waals surface area contributed by atoms with E-state index in [1.54, 1.807) is 24.3 Å². The van der Waals surface area contributed by atoms with Crippen molar-refractivity contribution < 1.29 is 37.8 Å². The molecule has 0 aromatic heterocycles. The number of rotatable bonds is 14. The first-order valence-corrected chi connectivity index (χ1v) is 16.5. The maximum atomic E-state index is 13.8. The van der Waals surface area contributed by atoms with E-state index in [1.165, 1.54) is 0 Å². The standard InChI is InChI=1S/C26H37O8PSi/c1-26(2,3)36(4,5)34-23(25(29)30)16-22(24(27)28)19-35(31,32-17-20-12-8-6-9-13-20)33-18-21-14-10-7-11-15-21/h6-15,22-23H,16-19H2,1-5H3,(H,27,28)(H,29,30)/t22?,23-/m0/s1. The van der Waals surface area contributed by atoms with Gasteiger partial charge in [-0.15, -0.1) is 0 Å². The molecule has 36 heavy (non-hydrogen) atoms. The van der Waals surface area contributed by atoms with Gasteiger partial charge in [-0.05, 0) is 35.7 Å². The van der Waals surface area contributed by atoms with Crippen molar-refractivity contribution >= 4 is 27.9 Å². The van der Waals surface area contributed by atoms with Crippen molar-refractivity contribution in [2.75, 3.05) is 6.16 Å². The lowest BCUT2D eigenvalue weighted by atomic mass is 10.0. The second kappa shape index (κ2) is 12.8. The molecule has 0 fully saturated rings. The predicted octanol–water partition coefficient (Wildman–Crippen LogP) is 6.18. The SMILES string of the molecule is CC(C)(C)[Si](C)(C)O[C@@H](CC(CP(=O)(OCc1ccccc1)OCc1ccccc1)C(=O)O)C(=O)O. The van der Waals surface area contributed by atoms with E-state index in [0.717, 1.165) is 11.1 Å². The number of hydrogen-bond donors (Lipinski definition) is 2. The Labute approximate surface area is 214 Å². The summed E-state index contributed by atoms with van der Waals surface area (Å²) in [5.74, 6) is -3.85. The van der Waals surface area contributed by atoms with Crippen LogP contribution in [0.5, 0.6) is 0 Å². The van der Waals surface area contributed by atoms with Crippen LogP contribution in [0.15, 0.2) is 60.7 Å². The van der Waals surface area contributed by atoms with Gasteiger partial charge in [-0.25, -0.2) is 4.79 Å². The molecule has 0 amide bonds. The van der Waals surface area contributed by atoms with Gasteiger partial charge < -0.3 is 23.7 Å². The van der Waals surface area contributed by atoms with Crippen LogP contribution in [0, 0.1) is 5.92 Å². The van der Waals surface area contributed by atoms with Crippen molar-refractivity contribution in [3.63, 3.8) is 0 Å². The van der Waals surface area contributed by atoms with Crippen molar-refractivity contribution in [3.05, 3.63) is 71.8 Å². The third kappa shape index (κ3) is 9.30. The molecule has 0 aliphatic heterocycles. The minimum absolute atomic E-state index is 0.0396. The highest BCUT2D eigenvalue weighted by atomic mass is 31.2. The van der Waals surface area contributed by atoms with E-state index in [0.29, 0.717) is 0 Å². The summed E-state index contributed by atoms with van der Waals surface area (Å²) in [6, 6.07) is 18.1. The molecule has 2 aromatic rings. The molecular formula is C26H37O8PSi. The minimum Gasteiger partial charge on any atom is -0.481 e. The van der Waals surface area contributed by atoms with Crippen LogP contribution in [-0.2, 0) is 40.8 Å². The van der Waals surface area contributed by atoms with Crippen molar-refractivity contribution in [2.45, 2.75) is 64.6 Å². The lowest BCUT2D eigenvalue weighted by Gasteiger charge is -2.38. The first kappa shape index (κ1) is 29.9. The summed E-state index contributed by atoms with van der Waals surface area (Å²) >= 11 is 0. The van der Waals surface area contributed by atoms with Crippen LogP contribution in [0.2, 0.25) is 18.1 Å². The lowest BCUT2D eigenvalue weighted by Crippen LogP contribution is -2.47. The van der Waals surface area contributed by atoms with Crippen molar-refractivity contribution in [1.82, 2.24) is 0 Å². The molecule has 0 aliphatic rings. The van der Waals surface area contributed by atoms with Crippen LogP contribution in [0.1, 0.15) is 38.3 Å². The molecule has 0 aliphatic carbocycles. The second-order valence-electron chi connectivity index (χ2n) is 10.3. The van der Waals surface area contributed by atoms with Gasteiger partial charge in [0.2, 0.25) is 0 Å². The first-order chi connectivity index (χ1) is 16.7. The largest absolute Gasteiger partial charge is 0.481 e. The molecule has 198 valence electrons. The molecule has 2 N–H and O–H groups in total. The summed E-state index contributed by atoms with van der Waals surface area (Å²) < 4.78 is 31.2. The molecule has 2 rings (SSSR count). The molecule has 2 aromatic carbocycles. The molecule has 10 heteroatoms. The number of hydrogen-bond acceptors (Lipinski definition) is 6. The Kier molecular flexibility index (Phi) is 10.6. The smallest absolute Gasteiger partial charge is 0.332 e. The van der Waals surface area contributed by atoms with E-state index in [9.17, 15) is 24.4 Å². The number of carboxylic acid groups (broad SMARTS) is 2. The van der Waals surface area contributed by atoms with E-state index in [-0.39, 0.29) is 24.7 Å². The van der Waals surface area contributed by atoms with Gasteiger partial charge >= 0.3 is 19.5 Å². The Morgan fingerprint density at radius 3 is 1.67 bits per heavy atom. The summed E-state index contributed by atoms with van der Waals surface area (Å²) in [6.45, 7) is 9.62. The van der Waals surface area contributed by atoms with Crippen molar-refractivity contribution in [3.8, 4) is 0 Å². The molecule has 0 bridgehead atoms. The van der Waals surface area contributed by atoms with Gasteiger partial charge in [0.15, 0.2) is 8.32 Å². The van der Waals surface area contributed by atoms with Gasteiger partial charge in [0.25, 0.3) is 0 Å². The fourth-order valence-electron chi connectivity index (χ4n) is 3.15. The maximum Gasteiger partial charge on any atom is 0.332 e. The summed E-state index contributed by atoms with van der Waals surface area (Å²) in [7, 11) is -6.46. The molecule has 0 spiro atoms. The fourth-order valence-corrected chi connectivity index (χ4v) is 6.23. The van der Waals surface area contributed by atoms with Gasteiger partial charge in [-0.1, -0.05) is 81.4 Å². The Morgan fingerprint density at radius 2 is 1.31 bits per heavy atom. The van der Waals surface area contributed by atoms with Gasteiger partial charge in [0, 0.05) is 0 Å². The quantitative estimate of drug-likeness (QED) is 0.217. The normalized spacial score (nSPS) is 14.2. The van der Waals surface area contributed by atoms with E-state index >= 15 is 0 Å². The zero-order chi connectivity index (χ0) is 27.0.